The molecule has 104 valence electrons. The average Bonchev–Trinajstić information content (AvgIpc) is 2.34. The molecule has 1 N–H and O–H groups in total. The summed E-state index contributed by atoms with van der Waals surface area (Å²) in [4.78, 5) is 13.2. The van der Waals surface area contributed by atoms with E-state index in [1.165, 1.54) is 6.07 Å². The Balaban J connectivity index is 2.78. The fourth-order valence-electron chi connectivity index (χ4n) is 2.62. The first-order chi connectivity index (χ1) is 8.82. The van der Waals surface area contributed by atoms with Crippen molar-refractivity contribution in [1.82, 2.24) is 0 Å². The number of anilines is 1. The number of carboxylic acid groups (broad SMARTS) is 1. The standard InChI is InChI=1S/C13H17NO4S/c1-4-9-6-5-7-10-11(9)14(3)8(2)12(13(15)16)19(10,17)18/h5-8,12H,4H2,1-3H3,(H,15,16). The molecular weight excluding hydrogens is 266 g/mol. The third-order valence-electron chi connectivity index (χ3n) is 3.75. The Hall–Kier alpha value is -1.56. The molecular formula is C13H17NO4S. The van der Waals surface area contributed by atoms with Crippen molar-refractivity contribution in [3.8, 4) is 0 Å². The molecule has 0 fully saturated rings. The molecule has 5 nitrogen and oxygen atoms in total. The zero-order chi connectivity index (χ0) is 14.4. The number of para-hydroxylation sites is 1. The quantitative estimate of drug-likeness (QED) is 0.886. The number of benzene rings is 1. The molecule has 19 heavy (non-hydrogen) atoms. The summed E-state index contributed by atoms with van der Waals surface area (Å²) in [6, 6.07) is 4.43. The highest BCUT2D eigenvalue weighted by Crippen LogP contribution is 2.38. The van der Waals surface area contributed by atoms with Crippen LogP contribution in [0.1, 0.15) is 19.4 Å². The van der Waals surface area contributed by atoms with Gasteiger partial charge in [-0.1, -0.05) is 19.1 Å². The summed E-state index contributed by atoms with van der Waals surface area (Å²) >= 11 is 0. The number of aryl methyl sites for hydroxylation is 1. The third kappa shape index (κ3) is 1.90. The predicted octanol–water partition coefficient (Wildman–Crippen LogP) is 1.31. The van der Waals surface area contributed by atoms with Gasteiger partial charge in [0.15, 0.2) is 15.1 Å². The van der Waals surface area contributed by atoms with Crippen molar-refractivity contribution in [1.29, 1.82) is 0 Å². The predicted molar refractivity (Wildman–Crippen MR) is 72.3 cm³/mol. The topological polar surface area (TPSA) is 74.7 Å². The molecule has 0 aliphatic carbocycles. The Labute approximate surface area is 112 Å². The number of carboxylic acids is 1. The zero-order valence-electron chi connectivity index (χ0n) is 11.1. The number of rotatable bonds is 2. The molecule has 2 rings (SSSR count). The lowest BCUT2D eigenvalue weighted by Gasteiger charge is -2.38. The van der Waals surface area contributed by atoms with Crippen molar-refractivity contribution < 1.29 is 18.3 Å². The van der Waals surface area contributed by atoms with Crippen molar-refractivity contribution in [3.63, 3.8) is 0 Å². The van der Waals surface area contributed by atoms with Gasteiger partial charge in [-0.3, -0.25) is 4.79 Å². The van der Waals surface area contributed by atoms with Crippen LogP contribution in [0.3, 0.4) is 0 Å². The highest BCUT2D eigenvalue weighted by atomic mass is 32.2. The molecule has 0 amide bonds. The minimum Gasteiger partial charge on any atom is -0.480 e. The van der Waals surface area contributed by atoms with E-state index in [0.29, 0.717) is 12.1 Å². The minimum atomic E-state index is -3.84. The minimum absolute atomic E-state index is 0.125. The number of nitrogens with zero attached hydrogens (tertiary/aromatic N) is 1. The summed E-state index contributed by atoms with van der Waals surface area (Å²) in [5.74, 6) is -1.30. The van der Waals surface area contributed by atoms with Gasteiger partial charge >= 0.3 is 5.97 Å². The number of hydrogen-bond acceptors (Lipinski definition) is 4. The molecule has 0 bridgehead atoms. The van der Waals surface area contributed by atoms with E-state index >= 15 is 0 Å². The maximum Gasteiger partial charge on any atom is 0.324 e. The molecule has 6 heteroatoms. The molecule has 1 aliphatic heterocycles. The molecule has 0 aromatic heterocycles. The summed E-state index contributed by atoms with van der Waals surface area (Å²) in [7, 11) is -2.09. The SMILES string of the molecule is CCc1cccc2c1N(C)C(C)C(C(=O)O)S2(=O)=O. The van der Waals surface area contributed by atoms with Crippen molar-refractivity contribution in [2.24, 2.45) is 0 Å². The molecule has 1 aliphatic rings. The van der Waals surface area contributed by atoms with Crippen LogP contribution in [0.2, 0.25) is 0 Å². The molecule has 0 spiro atoms. The summed E-state index contributed by atoms with van der Waals surface area (Å²) in [6.07, 6.45) is 0.702. The molecule has 2 atom stereocenters. The molecule has 0 saturated heterocycles. The molecule has 1 heterocycles. The fourth-order valence-corrected chi connectivity index (χ4v) is 4.68. The number of hydrogen-bond donors (Lipinski definition) is 1. The fraction of sp³-hybridized carbons (Fsp3) is 0.462. The Morgan fingerprint density at radius 2 is 2.05 bits per heavy atom. The molecule has 2 unspecified atom stereocenters. The smallest absolute Gasteiger partial charge is 0.324 e. The van der Waals surface area contributed by atoms with Gasteiger partial charge in [-0.25, -0.2) is 8.42 Å². The summed E-state index contributed by atoms with van der Waals surface area (Å²) in [5.41, 5.74) is 1.55. The van der Waals surface area contributed by atoms with E-state index in [4.69, 9.17) is 0 Å². The van der Waals surface area contributed by atoms with E-state index in [1.54, 1.807) is 24.9 Å². The molecule has 0 saturated carbocycles. The van der Waals surface area contributed by atoms with E-state index in [2.05, 4.69) is 0 Å². The van der Waals surface area contributed by atoms with Crippen LogP contribution >= 0.6 is 0 Å². The van der Waals surface area contributed by atoms with Gasteiger partial charge in [0.2, 0.25) is 0 Å². The van der Waals surface area contributed by atoms with Crippen LogP contribution < -0.4 is 4.90 Å². The number of aliphatic carboxylic acids is 1. The van der Waals surface area contributed by atoms with E-state index in [9.17, 15) is 18.3 Å². The lowest BCUT2D eigenvalue weighted by atomic mass is 10.1. The van der Waals surface area contributed by atoms with Crippen molar-refractivity contribution in [2.45, 2.75) is 36.5 Å². The number of carbonyl (C=O) groups is 1. The normalized spacial score (nSPS) is 24.9. The van der Waals surface area contributed by atoms with Crippen LogP contribution in [0.25, 0.3) is 0 Å². The maximum absolute atomic E-state index is 12.5. The van der Waals surface area contributed by atoms with Crippen molar-refractivity contribution in [3.05, 3.63) is 23.8 Å². The van der Waals surface area contributed by atoms with E-state index < -0.39 is 27.1 Å². The Bertz CT molecular complexity index is 624. The van der Waals surface area contributed by atoms with E-state index in [-0.39, 0.29) is 4.90 Å². The monoisotopic (exact) mass is 283 g/mol. The van der Waals surface area contributed by atoms with Gasteiger partial charge in [-0.15, -0.1) is 0 Å². The lowest BCUT2D eigenvalue weighted by Crippen LogP contribution is -2.52. The molecule has 1 aromatic rings. The van der Waals surface area contributed by atoms with E-state index in [0.717, 1.165) is 5.56 Å². The second-order valence-electron chi connectivity index (χ2n) is 4.77. The van der Waals surface area contributed by atoms with Gasteiger partial charge < -0.3 is 10.0 Å². The average molecular weight is 283 g/mol. The Morgan fingerprint density at radius 1 is 1.42 bits per heavy atom. The zero-order valence-corrected chi connectivity index (χ0v) is 11.9. The van der Waals surface area contributed by atoms with Crippen LogP contribution in [0, 0.1) is 0 Å². The summed E-state index contributed by atoms with van der Waals surface area (Å²) < 4.78 is 24.9. The third-order valence-corrected chi connectivity index (χ3v) is 5.96. The highest BCUT2D eigenvalue weighted by Gasteiger charge is 2.46. The Morgan fingerprint density at radius 3 is 2.58 bits per heavy atom. The van der Waals surface area contributed by atoms with Crippen molar-refractivity contribution in [2.75, 3.05) is 11.9 Å². The van der Waals surface area contributed by atoms with Crippen LogP contribution in [0.15, 0.2) is 23.1 Å². The maximum atomic E-state index is 12.5. The van der Waals surface area contributed by atoms with Crippen LogP contribution in [-0.2, 0) is 21.1 Å². The molecule has 1 aromatic carbocycles. The summed E-state index contributed by atoms with van der Waals surface area (Å²) in [5, 5.41) is 7.79. The summed E-state index contributed by atoms with van der Waals surface area (Å²) in [6.45, 7) is 3.58. The first-order valence-corrected chi connectivity index (χ1v) is 7.68. The highest BCUT2D eigenvalue weighted by molar-refractivity contribution is 7.93. The van der Waals surface area contributed by atoms with E-state index in [1.807, 2.05) is 13.0 Å². The number of sulfone groups is 1. The molecule has 0 radical (unpaired) electrons. The van der Waals surface area contributed by atoms with Crippen molar-refractivity contribution >= 4 is 21.5 Å². The van der Waals surface area contributed by atoms with Gasteiger partial charge in [-0.05, 0) is 25.0 Å². The second-order valence-corrected chi connectivity index (χ2v) is 6.81. The van der Waals surface area contributed by atoms with Crippen LogP contribution in [0.5, 0.6) is 0 Å². The van der Waals surface area contributed by atoms with Crippen LogP contribution in [-0.4, -0.2) is 37.8 Å². The Kier molecular flexibility index (Phi) is 3.30. The first kappa shape index (κ1) is 13.9. The van der Waals surface area contributed by atoms with Gasteiger partial charge in [-0.2, -0.15) is 0 Å². The van der Waals surface area contributed by atoms with Gasteiger partial charge in [0.25, 0.3) is 0 Å². The largest absolute Gasteiger partial charge is 0.480 e. The lowest BCUT2D eigenvalue weighted by molar-refractivity contribution is -0.136. The first-order valence-electron chi connectivity index (χ1n) is 6.13. The van der Waals surface area contributed by atoms with Gasteiger partial charge in [0, 0.05) is 7.05 Å². The van der Waals surface area contributed by atoms with Crippen LogP contribution in [0.4, 0.5) is 5.69 Å². The van der Waals surface area contributed by atoms with Gasteiger partial charge in [0.05, 0.1) is 16.6 Å². The van der Waals surface area contributed by atoms with Gasteiger partial charge in [0.1, 0.15) is 0 Å². The number of fused-ring (bicyclic) bond motifs is 1. The second kappa shape index (κ2) is 4.52.